The Morgan fingerprint density at radius 1 is 1.06 bits per heavy atom. The first-order chi connectivity index (χ1) is 14.8. The molecule has 164 valence electrons. The van der Waals surface area contributed by atoms with Crippen molar-refractivity contribution in [2.24, 2.45) is 0 Å². The fourth-order valence-electron chi connectivity index (χ4n) is 2.91. The van der Waals surface area contributed by atoms with Gasteiger partial charge in [-0.25, -0.2) is 22.4 Å². The minimum Gasteiger partial charge on any atom is -0.466 e. The van der Waals surface area contributed by atoms with Gasteiger partial charge in [0, 0.05) is 5.69 Å². The third-order valence-electron chi connectivity index (χ3n) is 4.37. The highest BCUT2D eigenvalue weighted by Gasteiger charge is 2.32. The summed E-state index contributed by atoms with van der Waals surface area (Å²) in [6, 6.07) is 10.5. The molecule has 0 saturated heterocycles. The fraction of sp³-hybridized carbons (Fsp3) is 0.200. The average Bonchev–Trinajstić information content (AvgIpc) is 2.77. The zero-order valence-electron chi connectivity index (χ0n) is 16.6. The van der Waals surface area contributed by atoms with Gasteiger partial charge in [-0.15, -0.1) is 0 Å². The number of nitrogens with zero attached hydrogens (tertiary/aromatic N) is 1. The van der Waals surface area contributed by atoms with Crippen LogP contribution in [-0.2, 0) is 33.8 Å². The Morgan fingerprint density at radius 2 is 1.74 bits per heavy atom. The van der Waals surface area contributed by atoms with Gasteiger partial charge in [0.15, 0.2) is 0 Å². The molecule has 1 N–H and O–H groups in total. The maximum Gasteiger partial charge on any atom is 0.355 e. The highest BCUT2D eigenvalue weighted by atomic mass is 32.2. The van der Waals surface area contributed by atoms with Crippen molar-refractivity contribution in [3.8, 4) is 0 Å². The maximum atomic E-state index is 13.1. The summed E-state index contributed by atoms with van der Waals surface area (Å²) in [6.07, 6.45) is 0. The van der Waals surface area contributed by atoms with E-state index in [1.165, 1.54) is 31.3 Å². The van der Waals surface area contributed by atoms with Gasteiger partial charge in [-0.2, -0.15) is 0 Å². The molecule has 0 fully saturated rings. The van der Waals surface area contributed by atoms with Crippen LogP contribution in [0.1, 0.15) is 0 Å². The van der Waals surface area contributed by atoms with E-state index < -0.39 is 27.8 Å². The molecule has 0 spiro atoms. The topological polar surface area (TPSA) is 111 Å². The lowest BCUT2D eigenvalue weighted by Gasteiger charge is -2.31. The van der Waals surface area contributed by atoms with Crippen LogP contribution in [-0.4, -0.2) is 47.9 Å². The Balaban J connectivity index is 1.97. The number of carbonyl (C=O) groups is 2. The number of anilines is 2. The van der Waals surface area contributed by atoms with Gasteiger partial charge in [0.05, 0.1) is 37.0 Å². The van der Waals surface area contributed by atoms with Crippen molar-refractivity contribution in [2.75, 3.05) is 37.2 Å². The smallest absolute Gasteiger partial charge is 0.355 e. The van der Waals surface area contributed by atoms with Gasteiger partial charge in [0.1, 0.15) is 18.2 Å². The molecule has 9 nitrogen and oxygen atoms in total. The lowest BCUT2D eigenvalue weighted by atomic mass is 10.1. The standard InChI is InChI=1S/C20H19FN2O7S/c1-28-19(24)17-11-30-12-23(18(17)20(25)29-2)15-5-3-4-14(10-15)22-31(26,27)16-8-6-13(21)7-9-16/h3-10,22H,11-12H2,1-2H3. The number of hydrogen-bond acceptors (Lipinski definition) is 8. The molecule has 2 aromatic carbocycles. The van der Waals surface area contributed by atoms with Crippen molar-refractivity contribution in [1.29, 1.82) is 0 Å². The predicted molar refractivity (Wildman–Crippen MR) is 108 cm³/mol. The largest absolute Gasteiger partial charge is 0.466 e. The highest BCUT2D eigenvalue weighted by molar-refractivity contribution is 7.92. The van der Waals surface area contributed by atoms with E-state index in [9.17, 15) is 22.4 Å². The molecule has 0 atom stereocenters. The number of rotatable bonds is 6. The van der Waals surface area contributed by atoms with Crippen molar-refractivity contribution in [2.45, 2.75) is 4.90 Å². The summed E-state index contributed by atoms with van der Waals surface area (Å²) in [4.78, 5) is 25.7. The van der Waals surface area contributed by atoms with Gasteiger partial charge in [0.2, 0.25) is 0 Å². The maximum absolute atomic E-state index is 13.1. The van der Waals surface area contributed by atoms with Crippen LogP contribution in [0.2, 0.25) is 0 Å². The van der Waals surface area contributed by atoms with E-state index in [2.05, 4.69) is 4.72 Å². The van der Waals surface area contributed by atoms with Crippen LogP contribution in [0.4, 0.5) is 15.8 Å². The summed E-state index contributed by atoms with van der Waals surface area (Å²) in [6.45, 7) is -0.233. The molecule has 0 bridgehead atoms. The molecule has 11 heteroatoms. The molecule has 0 aliphatic carbocycles. The lowest BCUT2D eigenvalue weighted by Crippen LogP contribution is -2.38. The second kappa shape index (κ2) is 9.14. The first kappa shape index (κ1) is 22.2. The summed E-state index contributed by atoms with van der Waals surface area (Å²) in [5.41, 5.74) is 0.439. The Labute approximate surface area is 178 Å². The van der Waals surface area contributed by atoms with Gasteiger partial charge in [0.25, 0.3) is 10.0 Å². The summed E-state index contributed by atoms with van der Waals surface area (Å²) in [7, 11) is -1.64. The van der Waals surface area contributed by atoms with Crippen molar-refractivity contribution >= 4 is 33.3 Å². The number of methoxy groups -OCH3 is 2. The molecule has 0 aromatic heterocycles. The van der Waals surface area contributed by atoms with Gasteiger partial charge in [-0.1, -0.05) is 6.07 Å². The molecule has 2 aromatic rings. The quantitative estimate of drug-likeness (QED) is 0.666. The normalized spacial score (nSPS) is 14.2. The predicted octanol–water partition coefficient (Wildman–Crippen LogP) is 2.02. The third-order valence-corrected chi connectivity index (χ3v) is 5.76. The van der Waals surface area contributed by atoms with E-state index >= 15 is 0 Å². The number of ether oxygens (including phenoxy) is 3. The SMILES string of the molecule is COC(=O)C1=C(C(=O)OC)N(c2cccc(NS(=O)(=O)c3ccc(F)cc3)c2)COC1. The third kappa shape index (κ3) is 4.84. The second-order valence-corrected chi connectivity index (χ2v) is 8.01. The van der Waals surface area contributed by atoms with Gasteiger partial charge >= 0.3 is 11.9 Å². The van der Waals surface area contributed by atoms with Crippen LogP contribution in [0.25, 0.3) is 0 Å². The highest BCUT2D eigenvalue weighted by Crippen LogP contribution is 2.29. The van der Waals surface area contributed by atoms with Gasteiger partial charge in [-0.3, -0.25) is 4.72 Å². The first-order valence-corrected chi connectivity index (χ1v) is 10.4. The van der Waals surface area contributed by atoms with E-state index in [4.69, 9.17) is 14.2 Å². The van der Waals surface area contributed by atoms with Crippen molar-refractivity contribution in [3.05, 3.63) is 65.6 Å². The fourth-order valence-corrected chi connectivity index (χ4v) is 3.96. The zero-order chi connectivity index (χ0) is 22.6. The summed E-state index contributed by atoms with van der Waals surface area (Å²) in [5, 5.41) is 0. The molecule has 1 aliphatic heterocycles. The van der Waals surface area contributed by atoms with E-state index in [-0.39, 0.29) is 35.2 Å². The number of halogens is 1. The Morgan fingerprint density at radius 3 is 2.39 bits per heavy atom. The Kier molecular flexibility index (Phi) is 6.56. The van der Waals surface area contributed by atoms with E-state index in [0.717, 1.165) is 24.3 Å². The zero-order valence-corrected chi connectivity index (χ0v) is 17.4. The van der Waals surface area contributed by atoms with E-state index in [1.807, 2.05) is 0 Å². The Hall–Kier alpha value is -3.44. The number of benzene rings is 2. The van der Waals surface area contributed by atoms with Crippen LogP contribution in [0.5, 0.6) is 0 Å². The number of carbonyl (C=O) groups excluding carboxylic acids is 2. The number of sulfonamides is 1. The molecular formula is C20H19FN2O7S. The molecule has 3 rings (SSSR count). The Bertz CT molecular complexity index is 1130. The first-order valence-electron chi connectivity index (χ1n) is 8.90. The van der Waals surface area contributed by atoms with Crippen LogP contribution < -0.4 is 9.62 Å². The molecule has 0 amide bonds. The average molecular weight is 450 g/mol. The van der Waals surface area contributed by atoms with Crippen molar-refractivity contribution in [1.82, 2.24) is 0 Å². The van der Waals surface area contributed by atoms with E-state index in [0.29, 0.717) is 5.69 Å². The van der Waals surface area contributed by atoms with Crippen molar-refractivity contribution in [3.63, 3.8) is 0 Å². The second-order valence-electron chi connectivity index (χ2n) is 6.33. The number of hydrogen-bond donors (Lipinski definition) is 1. The van der Waals surface area contributed by atoms with Crippen LogP contribution in [0, 0.1) is 5.82 Å². The minimum atomic E-state index is -3.98. The minimum absolute atomic E-state index is 0.0297. The summed E-state index contributed by atoms with van der Waals surface area (Å²) >= 11 is 0. The van der Waals surface area contributed by atoms with Crippen LogP contribution >= 0.6 is 0 Å². The summed E-state index contributed by atoms with van der Waals surface area (Å²) < 4.78 is 55.6. The van der Waals surface area contributed by atoms with E-state index in [1.54, 1.807) is 12.1 Å². The number of esters is 2. The van der Waals surface area contributed by atoms with Crippen molar-refractivity contribution < 1.29 is 36.6 Å². The summed E-state index contributed by atoms with van der Waals surface area (Å²) in [5.74, 6) is -2.09. The number of nitrogens with one attached hydrogen (secondary N) is 1. The molecule has 1 heterocycles. The molecule has 0 saturated carbocycles. The molecular weight excluding hydrogens is 431 g/mol. The molecule has 31 heavy (non-hydrogen) atoms. The molecule has 0 unspecified atom stereocenters. The molecule has 1 aliphatic rings. The van der Waals surface area contributed by atoms with Crippen LogP contribution in [0.3, 0.4) is 0 Å². The van der Waals surface area contributed by atoms with Gasteiger partial charge < -0.3 is 19.1 Å². The monoisotopic (exact) mass is 450 g/mol. The van der Waals surface area contributed by atoms with Gasteiger partial charge in [-0.05, 0) is 42.5 Å². The van der Waals surface area contributed by atoms with Crippen LogP contribution in [0.15, 0.2) is 64.7 Å². The molecule has 0 radical (unpaired) electrons. The lowest BCUT2D eigenvalue weighted by molar-refractivity contribution is -0.140.